The van der Waals surface area contributed by atoms with E-state index < -0.39 is 24.4 Å². The fraction of sp³-hybridized carbons (Fsp3) is 0.222. The SMILES string of the molecule is COc1ccc(N2C(=O)C(=O)N(CC(=O)c3cc(C)sc3C)C2=O)cc1. The van der Waals surface area contributed by atoms with E-state index in [0.717, 1.165) is 14.7 Å². The molecule has 0 N–H and O–H groups in total. The molecule has 0 bridgehead atoms. The Bertz CT molecular complexity index is 916. The lowest BCUT2D eigenvalue weighted by atomic mass is 10.1. The van der Waals surface area contributed by atoms with Crippen molar-refractivity contribution in [1.82, 2.24) is 4.90 Å². The Morgan fingerprint density at radius 2 is 1.73 bits per heavy atom. The molecule has 2 aromatic rings. The van der Waals surface area contributed by atoms with Crippen molar-refractivity contribution < 1.29 is 23.9 Å². The van der Waals surface area contributed by atoms with Crippen LogP contribution in [0, 0.1) is 13.8 Å². The zero-order valence-corrected chi connectivity index (χ0v) is 15.3. The maximum absolute atomic E-state index is 12.6. The molecule has 2 heterocycles. The molecule has 134 valence electrons. The van der Waals surface area contributed by atoms with E-state index >= 15 is 0 Å². The van der Waals surface area contributed by atoms with Crippen LogP contribution in [0.25, 0.3) is 0 Å². The van der Waals surface area contributed by atoms with E-state index in [1.165, 1.54) is 30.6 Å². The molecule has 26 heavy (non-hydrogen) atoms. The van der Waals surface area contributed by atoms with Crippen LogP contribution < -0.4 is 9.64 Å². The van der Waals surface area contributed by atoms with Crippen LogP contribution in [0.2, 0.25) is 0 Å². The summed E-state index contributed by atoms with van der Waals surface area (Å²) in [5, 5.41) is 0. The minimum atomic E-state index is -1.01. The topological polar surface area (TPSA) is 84.0 Å². The lowest BCUT2D eigenvalue weighted by Gasteiger charge is -2.15. The summed E-state index contributed by atoms with van der Waals surface area (Å²) in [6, 6.07) is 7.04. The van der Waals surface area contributed by atoms with Gasteiger partial charge in [0.05, 0.1) is 19.3 Å². The van der Waals surface area contributed by atoms with Gasteiger partial charge in [0.1, 0.15) is 5.75 Å². The highest BCUT2D eigenvalue weighted by molar-refractivity contribution is 7.12. The average molecular weight is 372 g/mol. The van der Waals surface area contributed by atoms with Crippen LogP contribution in [0.4, 0.5) is 10.5 Å². The Kier molecular flexibility index (Phi) is 4.60. The fourth-order valence-electron chi connectivity index (χ4n) is 2.74. The molecule has 0 atom stereocenters. The second-order valence-corrected chi connectivity index (χ2v) is 7.22. The third kappa shape index (κ3) is 2.99. The number of anilines is 1. The largest absolute Gasteiger partial charge is 0.497 e. The number of methoxy groups -OCH3 is 1. The van der Waals surface area contributed by atoms with E-state index in [-0.39, 0.29) is 11.5 Å². The number of aryl methyl sites for hydroxylation is 2. The number of carbonyl (C=O) groups is 4. The van der Waals surface area contributed by atoms with Crippen molar-refractivity contribution in [3.05, 3.63) is 45.6 Å². The van der Waals surface area contributed by atoms with Gasteiger partial charge >= 0.3 is 17.8 Å². The van der Waals surface area contributed by atoms with Gasteiger partial charge in [-0.3, -0.25) is 14.4 Å². The normalized spacial score (nSPS) is 14.3. The van der Waals surface area contributed by atoms with Crippen LogP contribution in [-0.4, -0.2) is 42.2 Å². The van der Waals surface area contributed by atoms with Gasteiger partial charge in [0, 0.05) is 15.3 Å². The van der Waals surface area contributed by atoms with Crippen LogP contribution in [0.15, 0.2) is 30.3 Å². The van der Waals surface area contributed by atoms with Gasteiger partial charge in [-0.25, -0.2) is 14.6 Å². The zero-order valence-electron chi connectivity index (χ0n) is 14.4. The third-order valence-corrected chi connectivity index (χ3v) is 4.99. The summed E-state index contributed by atoms with van der Waals surface area (Å²) in [5.74, 6) is -1.82. The molecule has 7 nitrogen and oxygen atoms in total. The first-order valence-electron chi connectivity index (χ1n) is 7.77. The zero-order chi connectivity index (χ0) is 19.0. The van der Waals surface area contributed by atoms with Gasteiger partial charge in [-0.1, -0.05) is 0 Å². The van der Waals surface area contributed by atoms with Crippen molar-refractivity contribution in [3.8, 4) is 5.75 Å². The summed E-state index contributed by atoms with van der Waals surface area (Å²) in [6.45, 7) is 3.20. The van der Waals surface area contributed by atoms with Crippen molar-refractivity contribution in [3.63, 3.8) is 0 Å². The molecule has 4 amide bonds. The maximum Gasteiger partial charge on any atom is 0.339 e. The van der Waals surface area contributed by atoms with Gasteiger partial charge in [0.2, 0.25) is 0 Å². The van der Waals surface area contributed by atoms with Crippen LogP contribution >= 0.6 is 11.3 Å². The number of ketones is 1. The molecule has 1 aliphatic rings. The number of thiophene rings is 1. The van der Waals surface area contributed by atoms with Gasteiger partial charge in [-0.15, -0.1) is 11.3 Å². The smallest absolute Gasteiger partial charge is 0.339 e. The monoisotopic (exact) mass is 372 g/mol. The summed E-state index contributed by atoms with van der Waals surface area (Å²) in [6.07, 6.45) is 0. The molecular weight excluding hydrogens is 356 g/mol. The average Bonchev–Trinajstić information content (AvgIpc) is 3.06. The van der Waals surface area contributed by atoms with E-state index in [0.29, 0.717) is 16.2 Å². The first kappa shape index (κ1) is 17.8. The number of benzene rings is 1. The highest BCUT2D eigenvalue weighted by Gasteiger charge is 2.46. The predicted octanol–water partition coefficient (Wildman–Crippen LogP) is 2.55. The second-order valence-electron chi connectivity index (χ2n) is 5.76. The lowest BCUT2D eigenvalue weighted by Crippen LogP contribution is -2.37. The molecule has 1 fully saturated rings. The molecule has 0 unspecified atom stereocenters. The van der Waals surface area contributed by atoms with E-state index in [1.54, 1.807) is 25.1 Å². The molecule has 0 saturated carbocycles. The first-order valence-corrected chi connectivity index (χ1v) is 8.59. The second kappa shape index (κ2) is 6.72. The van der Waals surface area contributed by atoms with Gasteiger partial charge in [0.25, 0.3) is 0 Å². The number of ether oxygens (including phenoxy) is 1. The molecule has 1 saturated heterocycles. The minimum Gasteiger partial charge on any atom is -0.497 e. The Labute approximate surface area is 153 Å². The standard InChI is InChI=1S/C18H16N2O5S/c1-10-8-14(11(2)26-10)15(21)9-19-16(22)17(23)20(18(19)24)12-4-6-13(25-3)7-5-12/h4-8H,9H2,1-3H3. The number of hydrogen-bond acceptors (Lipinski definition) is 6. The lowest BCUT2D eigenvalue weighted by molar-refractivity contribution is -0.139. The minimum absolute atomic E-state index is 0.242. The molecule has 0 spiro atoms. The van der Waals surface area contributed by atoms with Gasteiger partial charge in [-0.2, -0.15) is 0 Å². The van der Waals surface area contributed by atoms with E-state index in [9.17, 15) is 19.2 Å². The summed E-state index contributed by atoms with van der Waals surface area (Å²) in [5.41, 5.74) is 0.704. The number of carbonyl (C=O) groups excluding carboxylic acids is 4. The van der Waals surface area contributed by atoms with Crippen LogP contribution in [0.3, 0.4) is 0 Å². The van der Waals surface area contributed by atoms with Crippen molar-refractivity contribution in [1.29, 1.82) is 0 Å². The van der Waals surface area contributed by atoms with Gasteiger partial charge in [-0.05, 0) is 44.2 Å². The summed E-state index contributed by atoms with van der Waals surface area (Å²) in [7, 11) is 1.49. The highest BCUT2D eigenvalue weighted by Crippen LogP contribution is 2.26. The van der Waals surface area contributed by atoms with Crippen molar-refractivity contribution >= 4 is 40.7 Å². The quantitative estimate of drug-likeness (QED) is 0.458. The fourth-order valence-corrected chi connectivity index (χ4v) is 3.68. The molecule has 8 heteroatoms. The number of hydrogen-bond donors (Lipinski definition) is 0. The Balaban J connectivity index is 1.84. The molecular formula is C18H16N2O5S. The molecule has 1 aromatic carbocycles. The van der Waals surface area contributed by atoms with E-state index in [1.807, 2.05) is 6.92 Å². The molecule has 1 aromatic heterocycles. The Morgan fingerprint density at radius 3 is 2.27 bits per heavy atom. The molecule has 0 aliphatic carbocycles. The first-order chi connectivity index (χ1) is 12.3. The third-order valence-electron chi connectivity index (χ3n) is 4.03. The molecule has 1 aliphatic heterocycles. The van der Waals surface area contributed by atoms with Crippen molar-refractivity contribution in [2.45, 2.75) is 13.8 Å². The Hall–Kier alpha value is -3.00. The van der Waals surface area contributed by atoms with Crippen LogP contribution in [-0.2, 0) is 9.59 Å². The highest BCUT2D eigenvalue weighted by atomic mass is 32.1. The number of urea groups is 1. The maximum atomic E-state index is 12.6. The number of amides is 4. The van der Waals surface area contributed by atoms with Crippen molar-refractivity contribution in [2.24, 2.45) is 0 Å². The number of Topliss-reactive ketones (excluding diaryl/α,β-unsaturated/α-hetero) is 1. The van der Waals surface area contributed by atoms with E-state index in [2.05, 4.69) is 0 Å². The summed E-state index contributed by atoms with van der Waals surface area (Å²) < 4.78 is 5.03. The van der Waals surface area contributed by atoms with Crippen molar-refractivity contribution in [2.75, 3.05) is 18.6 Å². The Morgan fingerprint density at radius 1 is 1.08 bits per heavy atom. The number of rotatable bonds is 5. The molecule has 3 rings (SSSR count). The van der Waals surface area contributed by atoms with Crippen LogP contribution in [0.5, 0.6) is 5.75 Å². The van der Waals surface area contributed by atoms with Crippen LogP contribution in [0.1, 0.15) is 20.1 Å². The number of nitrogens with zero attached hydrogens (tertiary/aromatic N) is 2. The van der Waals surface area contributed by atoms with Gasteiger partial charge in [0.15, 0.2) is 5.78 Å². The molecule has 0 radical (unpaired) electrons. The number of imide groups is 2. The summed E-state index contributed by atoms with van der Waals surface area (Å²) in [4.78, 5) is 52.7. The predicted molar refractivity (Wildman–Crippen MR) is 95.7 cm³/mol. The van der Waals surface area contributed by atoms with E-state index in [4.69, 9.17) is 4.74 Å². The summed E-state index contributed by atoms with van der Waals surface area (Å²) >= 11 is 1.46. The van der Waals surface area contributed by atoms with Gasteiger partial charge < -0.3 is 4.74 Å².